The third-order valence-corrected chi connectivity index (χ3v) is 5.49. The SMILES string of the molecule is CC(C)(C)c1cc(CNCc2ccccc2Cl)c(O)c(S(C)(=O)=O)c1. The van der Waals surface area contributed by atoms with Crippen LogP contribution in [0.1, 0.15) is 37.5 Å². The van der Waals surface area contributed by atoms with E-state index in [9.17, 15) is 13.5 Å². The number of sulfone groups is 1. The molecule has 4 nitrogen and oxygen atoms in total. The molecule has 0 radical (unpaired) electrons. The lowest BCUT2D eigenvalue weighted by atomic mass is 9.86. The molecule has 2 aromatic rings. The average Bonchev–Trinajstić information content (AvgIpc) is 2.48. The van der Waals surface area contributed by atoms with Crippen LogP contribution in [0.2, 0.25) is 5.02 Å². The van der Waals surface area contributed by atoms with Crippen molar-refractivity contribution in [3.8, 4) is 5.75 Å². The minimum Gasteiger partial charge on any atom is -0.506 e. The fourth-order valence-electron chi connectivity index (χ4n) is 2.49. The van der Waals surface area contributed by atoms with Gasteiger partial charge in [0.15, 0.2) is 9.84 Å². The van der Waals surface area contributed by atoms with Crippen LogP contribution in [0.4, 0.5) is 0 Å². The molecule has 0 amide bonds. The van der Waals surface area contributed by atoms with Crippen molar-refractivity contribution >= 4 is 21.4 Å². The number of phenolic OH excluding ortho intramolecular Hbond substituents is 1. The molecule has 0 bridgehead atoms. The largest absolute Gasteiger partial charge is 0.506 e. The Morgan fingerprint density at radius 1 is 1.08 bits per heavy atom. The van der Waals surface area contributed by atoms with Gasteiger partial charge in [0.05, 0.1) is 0 Å². The molecule has 0 aliphatic rings. The molecule has 0 saturated carbocycles. The fourth-order valence-corrected chi connectivity index (χ4v) is 3.52. The van der Waals surface area contributed by atoms with Gasteiger partial charge in [-0.1, -0.05) is 56.6 Å². The van der Waals surface area contributed by atoms with E-state index in [0.29, 0.717) is 23.7 Å². The van der Waals surface area contributed by atoms with Gasteiger partial charge < -0.3 is 10.4 Å². The molecule has 0 unspecified atom stereocenters. The summed E-state index contributed by atoms with van der Waals surface area (Å²) in [7, 11) is -3.52. The van der Waals surface area contributed by atoms with Crippen LogP contribution in [0.25, 0.3) is 0 Å². The van der Waals surface area contributed by atoms with E-state index in [1.807, 2.05) is 51.1 Å². The van der Waals surface area contributed by atoms with Gasteiger partial charge in [-0.25, -0.2) is 8.42 Å². The van der Waals surface area contributed by atoms with Crippen LogP contribution in [-0.2, 0) is 28.3 Å². The fraction of sp³-hybridized carbons (Fsp3) is 0.368. The Morgan fingerprint density at radius 2 is 1.68 bits per heavy atom. The van der Waals surface area contributed by atoms with Gasteiger partial charge in [0.25, 0.3) is 0 Å². The topological polar surface area (TPSA) is 66.4 Å². The molecular weight excluding hydrogens is 358 g/mol. The molecule has 0 fully saturated rings. The van der Waals surface area contributed by atoms with E-state index < -0.39 is 9.84 Å². The molecule has 0 saturated heterocycles. The number of benzene rings is 2. The highest BCUT2D eigenvalue weighted by molar-refractivity contribution is 7.90. The van der Waals surface area contributed by atoms with E-state index >= 15 is 0 Å². The maximum Gasteiger partial charge on any atom is 0.179 e. The normalized spacial score (nSPS) is 12.4. The lowest BCUT2D eigenvalue weighted by Crippen LogP contribution is -2.17. The van der Waals surface area contributed by atoms with Crippen LogP contribution in [-0.4, -0.2) is 19.8 Å². The second kappa shape index (κ2) is 7.36. The van der Waals surface area contributed by atoms with Crippen LogP contribution in [0.15, 0.2) is 41.3 Å². The smallest absolute Gasteiger partial charge is 0.179 e. The molecule has 136 valence electrons. The summed E-state index contributed by atoms with van der Waals surface area (Å²) < 4.78 is 24.1. The van der Waals surface area contributed by atoms with Crippen LogP contribution in [0, 0.1) is 0 Å². The van der Waals surface area contributed by atoms with Crippen molar-refractivity contribution < 1.29 is 13.5 Å². The van der Waals surface area contributed by atoms with Crippen molar-refractivity contribution in [3.63, 3.8) is 0 Å². The molecule has 0 aliphatic heterocycles. The first-order valence-corrected chi connectivity index (χ1v) is 10.3. The number of halogens is 1. The Kier molecular flexibility index (Phi) is 5.82. The Labute approximate surface area is 154 Å². The summed E-state index contributed by atoms with van der Waals surface area (Å²) in [5.74, 6) is -0.192. The van der Waals surface area contributed by atoms with Gasteiger partial charge in [-0.3, -0.25) is 0 Å². The van der Waals surface area contributed by atoms with Crippen LogP contribution in [0.5, 0.6) is 5.75 Å². The Bertz CT molecular complexity index is 871. The van der Waals surface area contributed by atoms with Gasteiger partial charge in [0.1, 0.15) is 10.6 Å². The Morgan fingerprint density at radius 3 is 2.24 bits per heavy atom. The second-order valence-corrected chi connectivity index (χ2v) is 9.59. The van der Waals surface area contributed by atoms with Crippen molar-refractivity contribution in [1.29, 1.82) is 0 Å². The highest BCUT2D eigenvalue weighted by Crippen LogP contribution is 2.33. The first-order valence-electron chi connectivity index (χ1n) is 8.00. The molecule has 25 heavy (non-hydrogen) atoms. The number of nitrogens with one attached hydrogen (secondary N) is 1. The van der Waals surface area contributed by atoms with Gasteiger partial charge in [-0.05, 0) is 28.7 Å². The lowest BCUT2D eigenvalue weighted by molar-refractivity contribution is 0.446. The lowest BCUT2D eigenvalue weighted by Gasteiger charge is -2.22. The minimum absolute atomic E-state index is 0.0329. The average molecular weight is 382 g/mol. The zero-order chi connectivity index (χ0) is 18.8. The summed E-state index contributed by atoms with van der Waals surface area (Å²) in [5.41, 5.74) is 2.13. The maximum absolute atomic E-state index is 12.0. The van der Waals surface area contributed by atoms with E-state index in [1.54, 1.807) is 6.07 Å². The number of hydrogen-bond acceptors (Lipinski definition) is 4. The summed E-state index contributed by atoms with van der Waals surface area (Å²) in [6.07, 6.45) is 1.11. The predicted octanol–water partition coefficient (Wildman–Crippen LogP) is 4.04. The zero-order valence-electron chi connectivity index (χ0n) is 14.9. The molecular formula is C19H24ClNO3S. The van der Waals surface area contributed by atoms with Crippen molar-refractivity contribution in [2.75, 3.05) is 6.26 Å². The number of phenols is 1. The third kappa shape index (κ3) is 4.97. The molecule has 2 N–H and O–H groups in total. The molecule has 0 heterocycles. The van der Waals surface area contributed by atoms with Crippen molar-refractivity contribution in [2.24, 2.45) is 0 Å². The van der Waals surface area contributed by atoms with Crippen LogP contribution >= 0.6 is 11.6 Å². The molecule has 2 aromatic carbocycles. The summed E-state index contributed by atoms with van der Waals surface area (Å²) >= 11 is 6.14. The molecule has 0 aliphatic carbocycles. The molecule has 0 spiro atoms. The predicted molar refractivity (Wildman–Crippen MR) is 102 cm³/mol. The maximum atomic E-state index is 12.0. The van der Waals surface area contributed by atoms with Crippen molar-refractivity contribution in [1.82, 2.24) is 5.32 Å². The van der Waals surface area contributed by atoms with E-state index in [-0.39, 0.29) is 16.1 Å². The summed E-state index contributed by atoms with van der Waals surface area (Å²) in [5, 5.41) is 14.3. The molecule has 0 atom stereocenters. The second-order valence-electron chi connectivity index (χ2n) is 7.20. The number of rotatable bonds is 5. The first-order chi connectivity index (χ1) is 11.5. The van der Waals surface area contributed by atoms with Crippen molar-refractivity contribution in [2.45, 2.75) is 44.2 Å². The van der Waals surface area contributed by atoms with Gasteiger partial charge in [0, 0.05) is 29.9 Å². The van der Waals surface area contributed by atoms with Gasteiger partial charge >= 0.3 is 0 Å². The van der Waals surface area contributed by atoms with Gasteiger partial charge in [-0.2, -0.15) is 0 Å². The van der Waals surface area contributed by atoms with Crippen LogP contribution in [0.3, 0.4) is 0 Å². The standard InChI is InChI=1S/C19H24ClNO3S/c1-19(2,3)15-9-14(18(22)17(10-15)25(4,23)24)12-21-11-13-7-5-6-8-16(13)20/h5-10,21-22H,11-12H2,1-4H3. The third-order valence-electron chi connectivity index (χ3n) is 4.01. The molecule has 0 aromatic heterocycles. The molecule has 2 rings (SSSR count). The highest BCUT2D eigenvalue weighted by atomic mass is 35.5. The highest BCUT2D eigenvalue weighted by Gasteiger charge is 2.23. The number of hydrogen-bond donors (Lipinski definition) is 2. The van der Waals surface area contributed by atoms with Gasteiger partial charge in [0.2, 0.25) is 0 Å². The Balaban J connectivity index is 2.32. The monoisotopic (exact) mass is 381 g/mol. The van der Waals surface area contributed by atoms with E-state index in [4.69, 9.17) is 11.6 Å². The van der Waals surface area contributed by atoms with Gasteiger partial charge in [-0.15, -0.1) is 0 Å². The zero-order valence-corrected chi connectivity index (χ0v) is 16.5. The minimum atomic E-state index is -3.52. The van der Waals surface area contributed by atoms with E-state index in [0.717, 1.165) is 17.4 Å². The van der Waals surface area contributed by atoms with E-state index in [1.165, 1.54) is 0 Å². The van der Waals surface area contributed by atoms with Crippen LogP contribution < -0.4 is 5.32 Å². The van der Waals surface area contributed by atoms with E-state index in [2.05, 4.69) is 5.32 Å². The summed E-state index contributed by atoms with van der Waals surface area (Å²) in [6.45, 7) is 6.88. The Hall–Kier alpha value is -1.56. The summed E-state index contributed by atoms with van der Waals surface area (Å²) in [6, 6.07) is 10.9. The quantitative estimate of drug-likeness (QED) is 0.820. The first kappa shape index (κ1) is 19.8. The van der Waals surface area contributed by atoms with Crippen molar-refractivity contribution in [3.05, 3.63) is 58.1 Å². The molecule has 6 heteroatoms. The number of aromatic hydroxyl groups is 1. The summed E-state index contributed by atoms with van der Waals surface area (Å²) in [4.78, 5) is -0.0329.